The van der Waals surface area contributed by atoms with Crippen molar-refractivity contribution in [3.63, 3.8) is 0 Å². The van der Waals surface area contributed by atoms with Gasteiger partial charge in [-0.05, 0) is 105 Å². The molecule has 0 aromatic rings. The van der Waals surface area contributed by atoms with Gasteiger partial charge in [0.1, 0.15) is 91.6 Å². The maximum atomic E-state index is 12.1. The van der Waals surface area contributed by atoms with Crippen LogP contribution in [0, 0.1) is 52.3 Å². The first-order chi connectivity index (χ1) is 35.4. The standard InChI is InChI=1S/C51H86O24/c1-19(18-67-45-39(62)37(60)34(57)29(15-52)70-45)8-11-51(66)20(2)32-28(75-51)13-25-23-7-6-22-12-27(26(55)14-50(22,5)24(23)9-10-49(25,32)4)69-48-44(74-46-40(63)36(59)33(56)21(3)68-46)42(65)43(31(17-54)72-48)73-47-41(64)38(61)35(58)30(16-53)71-47/h19-48,52-66H,6-18H2,1-5H3/t19-,20+,21+,22+,23-,24+,25+,26-,27-,28+,29-,30-,31-,32+,33+,34-,35-,36-,37+,38+,39-,40-,41-,42+,43-,44-,45-,46+,47+,48-,49+,50+,51-/m1/s1. The minimum absolute atomic E-state index is 0.0918. The molecule has 5 aliphatic heterocycles. The van der Waals surface area contributed by atoms with Crippen molar-refractivity contribution >= 4 is 0 Å². The van der Waals surface area contributed by atoms with E-state index in [4.69, 9.17) is 42.6 Å². The molecule has 75 heavy (non-hydrogen) atoms. The molecular formula is C51H86O24. The average molecular weight is 1080 g/mol. The van der Waals surface area contributed by atoms with E-state index in [2.05, 4.69) is 20.8 Å². The summed E-state index contributed by atoms with van der Waals surface area (Å²) in [5.74, 6) is -0.524. The highest BCUT2D eigenvalue weighted by molar-refractivity contribution is 5.16. The lowest BCUT2D eigenvalue weighted by Gasteiger charge is -2.62. The molecule has 9 fully saturated rings. The van der Waals surface area contributed by atoms with Crippen molar-refractivity contribution in [2.75, 3.05) is 26.4 Å². The predicted octanol–water partition coefficient (Wildman–Crippen LogP) is -3.96. The average Bonchev–Trinajstić information content (AvgIpc) is 3.82. The lowest BCUT2D eigenvalue weighted by atomic mass is 9.44. The zero-order valence-corrected chi connectivity index (χ0v) is 43.4. The quantitative estimate of drug-likeness (QED) is 0.0696. The van der Waals surface area contributed by atoms with E-state index in [1.807, 2.05) is 6.92 Å². The van der Waals surface area contributed by atoms with E-state index in [1.54, 1.807) is 0 Å². The molecule has 0 bridgehead atoms. The second-order valence-corrected chi connectivity index (χ2v) is 24.4. The Bertz CT molecular complexity index is 1890. The normalized spacial score (nSPS) is 56.4. The molecule has 5 saturated heterocycles. The minimum Gasteiger partial charge on any atom is -0.394 e. The first-order valence-corrected chi connectivity index (χ1v) is 27.3. The third kappa shape index (κ3) is 10.5. The lowest BCUT2D eigenvalue weighted by molar-refractivity contribution is -0.392. The van der Waals surface area contributed by atoms with Crippen LogP contribution in [0.1, 0.15) is 92.4 Å². The summed E-state index contributed by atoms with van der Waals surface area (Å²) in [7, 11) is 0. The topological polar surface area (TPSA) is 387 Å². The molecule has 15 N–H and O–H groups in total. The highest BCUT2D eigenvalue weighted by Gasteiger charge is 2.69. The van der Waals surface area contributed by atoms with Gasteiger partial charge in [-0.1, -0.05) is 27.7 Å². The molecule has 0 aromatic heterocycles. The predicted molar refractivity (Wildman–Crippen MR) is 252 cm³/mol. The van der Waals surface area contributed by atoms with E-state index < -0.39 is 161 Å². The Balaban J connectivity index is 0.847. The Kier molecular flexibility index (Phi) is 17.8. The van der Waals surface area contributed by atoms with Gasteiger partial charge in [0.15, 0.2) is 30.9 Å². The van der Waals surface area contributed by atoms with E-state index in [-0.39, 0.29) is 53.1 Å². The maximum Gasteiger partial charge on any atom is 0.187 e. The summed E-state index contributed by atoms with van der Waals surface area (Å²) in [6, 6.07) is 0. The molecular weight excluding hydrogens is 997 g/mol. The van der Waals surface area contributed by atoms with Gasteiger partial charge in [-0.25, -0.2) is 0 Å². The van der Waals surface area contributed by atoms with Gasteiger partial charge < -0.3 is 119 Å². The Hall–Kier alpha value is -0.960. The Morgan fingerprint density at radius 1 is 0.573 bits per heavy atom. The number of rotatable bonds is 15. The largest absolute Gasteiger partial charge is 0.394 e. The van der Waals surface area contributed by atoms with Crippen LogP contribution in [-0.2, 0) is 42.6 Å². The zero-order chi connectivity index (χ0) is 54.4. The molecule has 0 aromatic carbocycles. The van der Waals surface area contributed by atoms with E-state index in [0.717, 1.165) is 32.1 Å². The molecule has 0 radical (unpaired) electrons. The second-order valence-electron chi connectivity index (χ2n) is 24.4. The van der Waals surface area contributed by atoms with Crippen molar-refractivity contribution in [3.8, 4) is 0 Å². The van der Waals surface area contributed by atoms with Gasteiger partial charge in [-0.3, -0.25) is 0 Å². The van der Waals surface area contributed by atoms with Crippen LogP contribution in [-0.4, -0.2) is 250 Å². The third-order valence-electron chi connectivity index (χ3n) is 20.1. The summed E-state index contributed by atoms with van der Waals surface area (Å²) >= 11 is 0. The Labute approximate surface area is 436 Å². The summed E-state index contributed by atoms with van der Waals surface area (Å²) in [5, 5.41) is 161. The van der Waals surface area contributed by atoms with E-state index in [9.17, 15) is 76.6 Å². The first kappa shape index (κ1) is 58.7. The lowest BCUT2D eigenvalue weighted by Crippen LogP contribution is -2.67. The van der Waals surface area contributed by atoms with Crippen LogP contribution in [0.2, 0.25) is 0 Å². The number of aliphatic hydroxyl groups is 15. The molecule has 5 heterocycles. The smallest absolute Gasteiger partial charge is 0.187 e. The Morgan fingerprint density at radius 3 is 1.79 bits per heavy atom. The summed E-state index contributed by atoms with van der Waals surface area (Å²) in [6.45, 7) is 8.09. The monoisotopic (exact) mass is 1080 g/mol. The maximum absolute atomic E-state index is 12.1. The van der Waals surface area contributed by atoms with Gasteiger partial charge in [0.2, 0.25) is 0 Å². The number of ether oxygens (including phenoxy) is 9. The fourth-order valence-electron chi connectivity index (χ4n) is 15.6. The third-order valence-corrected chi connectivity index (χ3v) is 20.1. The molecule has 4 aliphatic carbocycles. The summed E-state index contributed by atoms with van der Waals surface area (Å²) in [4.78, 5) is 0. The molecule has 0 amide bonds. The van der Waals surface area contributed by atoms with Crippen molar-refractivity contribution in [3.05, 3.63) is 0 Å². The number of hydrogen-bond acceptors (Lipinski definition) is 24. The highest BCUT2D eigenvalue weighted by Crippen LogP contribution is 2.71. The SMILES string of the molecule is C[C@H](CC[C@@]1(O)O[C@H]2C[C@H]3[C@@H]4CC[C@H]5C[C@@H](O[C@@H]6O[C@H](CO)[C@@H](O[C@@H]7O[C@H](CO)[C@@H](O)[C@H](O)[C@H]7O)[C@H](O)[C@H]6O[C@@H]6O[C@@H](C)[C@H](O)[C@@H](O)[C@H]6O)[C@H](O)C[C@]5(C)[C@H]4CC[C@]3(C)[C@H]2[C@@H]1C)CO[C@@H]1O[C@H](CO)[C@@H](O)[C@H](O)[C@H]1O. The molecule has 434 valence electrons. The van der Waals surface area contributed by atoms with Crippen LogP contribution in [0.3, 0.4) is 0 Å². The molecule has 33 atom stereocenters. The van der Waals surface area contributed by atoms with Gasteiger partial charge in [0, 0.05) is 12.3 Å². The molecule has 0 spiro atoms. The fourth-order valence-corrected chi connectivity index (χ4v) is 15.6. The number of fused-ring (bicyclic) bond motifs is 7. The molecule has 9 aliphatic rings. The van der Waals surface area contributed by atoms with Crippen LogP contribution < -0.4 is 0 Å². The summed E-state index contributed by atoms with van der Waals surface area (Å²) in [5.41, 5.74) is -0.407. The number of aliphatic hydroxyl groups excluding tert-OH is 14. The van der Waals surface area contributed by atoms with Gasteiger partial charge in [-0.2, -0.15) is 0 Å². The van der Waals surface area contributed by atoms with E-state index in [1.165, 1.54) is 6.92 Å². The first-order valence-electron chi connectivity index (χ1n) is 27.3. The van der Waals surface area contributed by atoms with Crippen molar-refractivity contribution in [1.29, 1.82) is 0 Å². The van der Waals surface area contributed by atoms with Crippen molar-refractivity contribution < 1.29 is 119 Å². The van der Waals surface area contributed by atoms with Crippen molar-refractivity contribution in [2.45, 2.75) is 239 Å². The van der Waals surface area contributed by atoms with E-state index in [0.29, 0.717) is 37.5 Å². The fraction of sp³-hybridized carbons (Fsp3) is 1.00. The van der Waals surface area contributed by atoms with E-state index >= 15 is 0 Å². The second kappa shape index (κ2) is 22.8. The van der Waals surface area contributed by atoms with Crippen molar-refractivity contribution in [1.82, 2.24) is 0 Å². The molecule has 24 nitrogen and oxygen atoms in total. The molecule has 9 rings (SSSR count). The van der Waals surface area contributed by atoms with Crippen molar-refractivity contribution in [2.24, 2.45) is 52.3 Å². The molecule has 24 heteroatoms. The molecule has 0 unspecified atom stereocenters. The number of hydrogen-bond donors (Lipinski definition) is 15. The van der Waals surface area contributed by atoms with Crippen LogP contribution in [0.25, 0.3) is 0 Å². The summed E-state index contributed by atoms with van der Waals surface area (Å²) < 4.78 is 54.1. The van der Waals surface area contributed by atoms with Gasteiger partial charge >= 0.3 is 0 Å². The highest BCUT2D eigenvalue weighted by atomic mass is 16.8. The molecule has 4 saturated carbocycles. The van der Waals surface area contributed by atoms with Crippen LogP contribution in [0.4, 0.5) is 0 Å². The van der Waals surface area contributed by atoms with Crippen LogP contribution >= 0.6 is 0 Å². The zero-order valence-electron chi connectivity index (χ0n) is 43.4. The Morgan fingerprint density at radius 2 is 1.15 bits per heavy atom. The van der Waals surface area contributed by atoms with Gasteiger partial charge in [0.05, 0.1) is 50.8 Å². The van der Waals surface area contributed by atoms with Crippen LogP contribution in [0.15, 0.2) is 0 Å². The minimum atomic E-state index is -1.88. The van der Waals surface area contributed by atoms with Gasteiger partial charge in [-0.15, -0.1) is 0 Å². The summed E-state index contributed by atoms with van der Waals surface area (Å²) in [6.07, 6.45) is -27.2. The van der Waals surface area contributed by atoms with Gasteiger partial charge in [0.25, 0.3) is 0 Å². The van der Waals surface area contributed by atoms with Crippen LogP contribution in [0.5, 0.6) is 0 Å².